The fraction of sp³-hybridized carbons (Fsp3) is 0.333. The van der Waals surface area contributed by atoms with Crippen LogP contribution in [0.15, 0.2) is 59.7 Å². The van der Waals surface area contributed by atoms with Crippen LogP contribution in [0.4, 0.5) is 0 Å². The molecule has 7 nitrogen and oxygen atoms in total. The van der Waals surface area contributed by atoms with Crippen molar-refractivity contribution in [2.45, 2.75) is 45.1 Å². The van der Waals surface area contributed by atoms with Crippen molar-refractivity contribution in [1.82, 2.24) is 19.2 Å². The van der Waals surface area contributed by atoms with Gasteiger partial charge in [0.15, 0.2) is 0 Å². The first-order valence-corrected chi connectivity index (χ1v) is 11.8. The highest BCUT2D eigenvalue weighted by Gasteiger charge is 2.26. The minimum atomic E-state index is -0.0755. The molecule has 1 aliphatic heterocycles. The van der Waals surface area contributed by atoms with Crippen molar-refractivity contribution in [2.24, 2.45) is 0 Å². The molecule has 2 aromatic heterocycles. The van der Waals surface area contributed by atoms with Crippen LogP contribution < -0.4 is 5.56 Å². The van der Waals surface area contributed by atoms with Crippen LogP contribution in [0.25, 0.3) is 16.9 Å². The van der Waals surface area contributed by atoms with Crippen LogP contribution in [0.2, 0.25) is 0 Å². The van der Waals surface area contributed by atoms with Crippen LogP contribution in [-0.2, 0) is 17.6 Å². The molecular formula is C27H27N5O2. The maximum atomic E-state index is 14.0. The number of aromatic nitrogens is 4. The molecule has 1 fully saturated rings. The predicted octanol–water partition coefficient (Wildman–Crippen LogP) is 4.32. The minimum absolute atomic E-state index is 0.0616. The molecule has 7 heteroatoms. The first-order valence-electron chi connectivity index (χ1n) is 11.8. The second-order valence-corrected chi connectivity index (χ2v) is 8.69. The molecule has 0 amide bonds. The van der Waals surface area contributed by atoms with Crippen molar-refractivity contribution < 1.29 is 4.74 Å². The Morgan fingerprint density at radius 3 is 2.76 bits per heavy atom. The molecule has 0 radical (unpaired) electrons. The molecule has 0 bridgehead atoms. The second-order valence-electron chi connectivity index (χ2n) is 8.69. The summed E-state index contributed by atoms with van der Waals surface area (Å²) in [6, 6.07) is 18.1. The molecule has 2 aromatic carbocycles. The quantitative estimate of drug-likeness (QED) is 0.434. The number of nitriles is 1. The molecule has 5 rings (SSSR count). The van der Waals surface area contributed by atoms with Crippen molar-refractivity contribution in [3.63, 3.8) is 0 Å². The van der Waals surface area contributed by atoms with Gasteiger partial charge in [-0.25, -0.2) is 4.52 Å². The molecule has 4 aromatic rings. The smallest absolute Gasteiger partial charge is 0.259 e. The van der Waals surface area contributed by atoms with Gasteiger partial charge >= 0.3 is 0 Å². The maximum Gasteiger partial charge on any atom is 0.259 e. The molecular weight excluding hydrogens is 426 g/mol. The summed E-state index contributed by atoms with van der Waals surface area (Å²) >= 11 is 0. The van der Waals surface area contributed by atoms with Crippen LogP contribution >= 0.6 is 0 Å². The summed E-state index contributed by atoms with van der Waals surface area (Å²) in [4.78, 5) is 18.4. The van der Waals surface area contributed by atoms with Gasteiger partial charge in [0.2, 0.25) is 5.78 Å². The first-order chi connectivity index (χ1) is 16.7. The molecule has 3 heterocycles. The normalized spacial score (nSPS) is 15.9. The molecule has 1 saturated heterocycles. The second kappa shape index (κ2) is 9.62. The van der Waals surface area contributed by atoms with Gasteiger partial charge in [-0.3, -0.25) is 9.36 Å². The van der Waals surface area contributed by atoms with E-state index in [-0.39, 0.29) is 11.6 Å². The van der Waals surface area contributed by atoms with E-state index < -0.39 is 0 Å². The number of nitrogens with zero attached hydrogens (tertiary/aromatic N) is 5. The molecule has 0 spiro atoms. The Balaban J connectivity index is 1.69. The van der Waals surface area contributed by atoms with Crippen molar-refractivity contribution in [3.8, 4) is 17.2 Å². The van der Waals surface area contributed by atoms with Gasteiger partial charge in [-0.05, 0) is 36.0 Å². The van der Waals surface area contributed by atoms with Crippen LogP contribution in [0.5, 0.6) is 0 Å². The Hall–Kier alpha value is -3.76. The van der Waals surface area contributed by atoms with Gasteiger partial charge in [0.25, 0.3) is 5.56 Å². The number of aryl methyl sites for hydroxylation is 1. The van der Waals surface area contributed by atoms with E-state index in [0.29, 0.717) is 43.0 Å². The van der Waals surface area contributed by atoms with E-state index in [1.54, 1.807) is 4.57 Å². The summed E-state index contributed by atoms with van der Waals surface area (Å²) in [5, 5.41) is 14.6. The summed E-state index contributed by atoms with van der Waals surface area (Å²) < 4.78 is 9.26. The number of rotatable bonds is 6. The van der Waals surface area contributed by atoms with Gasteiger partial charge < -0.3 is 4.74 Å². The van der Waals surface area contributed by atoms with Crippen LogP contribution in [-0.4, -0.2) is 32.4 Å². The van der Waals surface area contributed by atoms with Crippen LogP contribution in [0.3, 0.4) is 0 Å². The van der Waals surface area contributed by atoms with Gasteiger partial charge in [-0.1, -0.05) is 61.9 Å². The van der Waals surface area contributed by atoms with E-state index in [1.165, 1.54) is 6.33 Å². The highest BCUT2D eigenvalue weighted by Crippen LogP contribution is 2.28. The molecule has 1 unspecified atom stereocenters. The number of benzene rings is 2. The zero-order chi connectivity index (χ0) is 23.5. The SMILES string of the molecule is CCCc1c(Cc2cccc(-c3ccccc3)c2C#N)c(=O)n(C2CCCOC2)c2ncnn12. The fourth-order valence-corrected chi connectivity index (χ4v) is 4.93. The van der Waals surface area contributed by atoms with E-state index in [0.717, 1.165) is 41.6 Å². The Morgan fingerprint density at radius 2 is 2.03 bits per heavy atom. The van der Waals surface area contributed by atoms with E-state index >= 15 is 0 Å². The lowest BCUT2D eigenvalue weighted by Gasteiger charge is -2.26. The van der Waals surface area contributed by atoms with E-state index in [2.05, 4.69) is 23.1 Å². The Morgan fingerprint density at radius 1 is 1.18 bits per heavy atom. The van der Waals surface area contributed by atoms with Crippen molar-refractivity contribution in [2.75, 3.05) is 13.2 Å². The average Bonchev–Trinajstić information content (AvgIpc) is 3.36. The average molecular weight is 454 g/mol. The van der Waals surface area contributed by atoms with Gasteiger partial charge in [0, 0.05) is 18.6 Å². The number of fused-ring (bicyclic) bond motifs is 1. The lowest BCUT2D eigenvalue weighted by Crippen LogP contribution is -2.35. The highest BCUT2D eigenvalue weighted by molar-refractivity contribution is 5.72. The zero-order valence-electron chi connectivity index (χ0n) is 19.3. The fourth-order valence-electron chi connectivity index (χ4n) is 4.93. The lowest BCUT2D eigenvalue weighted by molar-refractivity contribution is 0.0588. The number of ether oxygens (including phenoxy) is 1. The van der Waals surface area contributed by atoms with E-state index in [1.807, 2.05) is 53.0 Å². The first kappa shape index (κ1) is 22.1. The third-order valence-corrected chi connectivity index (χ3v) is 6.53. The highest BCUT2D eigenvalue weighted by atomic mass is 16.5. The standard InChI is InChI=1S/C27H27N5O2/c1-2-8-25-23(15-20-11-6-13-22(24(20)16-28)19-9-4-3-5-10-19)26(33)31(21-12-7-14-34-17-21)27-29-18-30-32(25)27/h3-6,9-11,13,18,21H,2,7-8,12,14-15,17H2,1H3. The molecule has 1 atom stereocenters. The van der Waals surface area contributed by atoms with E-state index in [9.17, 15) is 10.1 Å². The molecule has 0 saturated carbocycles. The number of hydrogen-bond donors (Lipinski definition) is 0. The van der Waals surface area contributed by atoms with Gasteiger partial charge in [-0.15, -0.1) is 0 Å². The molecule has 172 valence electrons. The van der Waals surface area contributed by atoms with Gasteiger partial charge in [0.05, 0.1) is 23.9 Å². The van der Waals surface area contributed by atoms with Crippen LogP contribution in [0.1, 0.15) is 54.6 Å². The predicted molar refractivity (Wildman–Crippen MR) is 130 cm³/mol. The Kier molecular flexibility index (Phi) is 6.24. The third-order valence-electron chi connectivity index (χ3n) is 6.53. The monoisotopic (exact) mass is 453 g/mol. The minimum Gasteiger partial charge on any atom is -0.379 e. The van der Waals surface area contributed by atoms with Gasteiger partial charge in [-0.2, -0.15) is 15.3 Å². The summed E-state index contributed by atoms with van der Waals surface area (Å²) in [5.74, 6) is 0.561. The lowest BCUT2D eigenvalue weighted by atomic mass is 9.92. The zero-order valence-corrected chi connectivity index (χ0v) is 19.3. The summed E-state index contributed by atoms with van der Waals surface area (Å²) in [6.07, 6.45) is 5.21. The molecule has 1 aliphatic rings. The van der Waals surface area contributed by atoms with E-state index in [4.69, 9.17) is 4.74 Å². The summed E-state index contributed by atoms with van der Waals surface area (Å²) in [7, 11) is 0. The topological polar surface area (TPSA) is 85.2 Å². The van der Waals surface area contributed by atoms with Crippen molar-refractivity contribution in [3.05, 3.63) is 87.6 Å². The maximum absolute atomic E-state index is 14.0. The van der Waals surface area contributed by atoms with Crippen molar-refractivity contribution in [1.29, 1.82) is 5.26 Å². The van der Waals surface area contributed by atoms with Crippen LogP contribution in [0, 0.1) is 11.3 Å². The summed E-state index contributed by atoms with van der Waals surface area (Å²) in [5.41, 5.74) is 4.77. The molecule has 34 heavy (non-hydrogen) atoms. The molecule has 0 aliphatic carbocycles. The van der Waals surface area contributed by atoms with Crippen molar-refractivity contribution >= 4 is 5.78 Å². The Bertz CT molecular complexity index is 1410. The number of hydrogen-bond acceptors (Lipinski definition) is 5. The third kappa shape index (κ3) is 3.91. The van der Waals surface area contributed by atoms with Gasteiger partial charge in [0.1, 0.15) is 12.4 Å². The molecule has 0 N–H and O–H groups in total. The largest absolute Gasteiger partial charge is 0.379 e. The summed E-state index contributed by atoms with van der Waals surface area (Å²) in [6.45, 7) is 3.29. The Labute approximate surface area is 198 Å².